The van der Waals surface area contributed by atoms with Crippen LogP contribution in [0.15, 0.2) is 45.3 Å². The molecule has 5 nitrogen and oxygen atoms in total. The summed E-state index contributed by atoms with van der Waals surface area (Å²) in [6, 6.07) is 11.0. The van der Waals surface area contributed by atoms with Crippen molar-refractivity contribution in [1.82, 2.24) is 10.2 Å². The predicted molar refractivity (Wildman–Crippen MR) is 102 cm³/mol. The van der Waals surface area contributed by atoms with Gasteiger partial charge < -0.3 is 19.4 Å². The molecular formula is C19H25BrN2O3. The fraction of sp³-hybridized carbons (Fsp3) is 0.421. The number of rotatable bonds is 8. The highest BCUT2D eigenvalue weighted by Crippen LogP contribution is 2.18. The Bertz CT molecular complexity index is 693. The highest BCUT2D eigenvalue weighted by molar-refractivity contribution is 9.10. The summed E-state index contributed by atoms with van der Waals surface area (Å²) in [7, 11) is 4.04. The number of benzene rings is 1. The minimum absolute atomic E-state index is 0.0146. The second-order valence-electron chi connectivity index (χ2n) is 7.09. The second kappa shape index (κ2) is 8.54. The average molecular weight is 409 g/mol. The average Bonchev–Trinajstić information content (AvgIpc) is 3.00. The van der Waals surface area contributed by atoms with Crippen molar-refractivity contribution in [1.29, 1.82) is 0 Å². The first-order chi connectivity index (χ1) is 11.7. The van der Waals surface area contributed by atoms with Crippen molar-refractivity contribution < 1.29 is 13.9 Å². The van der Waals surface area contributed by atoms with Crippen LogP contribution in [-0.4, -0.2) is 38.0 Å². The molecule has 0 radical (unpaired) electrons. The molecule has 1 aromatic carbocycles. The van der Waals surface area contributed by atoms with E-state index >= 15 is 0 Å². The number of hydrogen-bond acceptors (Lipinski definition) is 4. The lowest BCUT2D eigenvalue weighted by Crippen LogP contribution is -2.39. The normalized spacial score (nSPS) is 11.6. The van der Waals surface area contributed by atoms with E-state index in [0.29, 0.717) is 18.1 Å². The number of nitrogens with one attached hydrogen (secondary N) is 1. The van der Waals surface area contributed by atoms with Crippen molar-refractivity contribution in [3.63, 3.8) is 0 Å². The lowest BCUT2D eigenvalue weighted by molar-refractivity contribution is 0.0897. The van der Waals surface area contributed by atoms with E-state index in [1.807, 2.05) is 38.4 Å². The van der Waals surface area contributed by atoms with Crippen molar-refractivity contribution in [3.8, 4) is 5.75 Å². The molecule has 0 unspecified atom stereocenters. The first-order valence-electron chi connectivity index (χ1n) is 8.15. The summed E-state index contributed by atoms with van der Waals surface area (Å²) >= 11 is 3.38. The van der Waals surface area contributed by atoms with Crippen LogP contribution in [0.25, 0.3) is 0 Å². The first kappa shape index (κ1) is 19.5. The number of nitrogens with zero attached hydrogens (tertiary/aromatic N) is 1. The molecule has 6 heteroatoms. The molecule has 1 aromatic heterocycles. The molecule has 2 aromatic rings. The molecule has 1 heterocycles. The Balaban J connectivity index is 1.85. The molecule has 0 aliphatic carbocycles. The molecule has 0 atom stereocenters. The summed E-state index contributed by atoms with van der Waals surface area (Å²) in [4.78, 5) is 14.3. The Morgan fingerprint density at radius 2 is 1.88 bits per heavy atom. The Hall–Kier alpha value is -1.79. The van der Waals surface area contributed by atoms with E-state index in [2.05, 4.69) is 40.0 Å². The SMILES string of the molecule is CN(C)CC(C)(C)CNC(=O)c1ccc(COc2ccc(Br)cc2)o1. The number of halogens is 1. The van der Waals surface area contributed by atoms with Gasteiger partial charge in [-0.2, -0.15) is 0 Å². The number of carbonyl (C=O) groups excluding carboxylic acids is 1. The number of furan rings is 1. The van der Waals surface area contributed by atoms with Crippen molar-refractivity contribution >= 4 is 21.8 Å². The minimum atomic E-state index is -0.207. The van der Waals surface area contributed by atoms with Crippen molar-refractivity contribution in [3.05, 3.63) is 52.4 Å². The van der Waals surface area contributed by atoms with Crippen LogP contribution < -0.4 is 10.1 Å². The summed E-state index contributed by atoms with van der Waals surface area (Å²) in [6.45, 7) is 5.98. The lowest BCUT2D eigenvalue weighted by atomic mass is 9.93. The fourth-order valence-electron chi connectivity index (χ4n) is 2.58. The molecule has 0 saturated carbocycles. The predicted octanol–water partition coefficient (Wildman–Crippen LogP) is 3.94. The molecule has 0 bridgehead atoms. The maximum Gasteiger partial charge on any atom is 0.287 e. The first-order valence-corrected chi connectivity index (χ1v) is 8.94. The van der Waals surface area contributed by atoms with Crippen LogP contribution in [-0.2, 0) is 6.61 Å². The Kier molecular flexibility index (Phi) is 6.67. The smallest absolute Gasteiger partial charge is 0.287 e. The third kappa shape index (κ3) is 6.55. The summed E-state index contributed by atoms with van der Waals surface area (Å²) in [5.41, 5.74) is -0.0146. The van der Waals surface area contributed by atoms with E-state index in [-0.39, 0.29) is 17.9 Å². The van der Waals surface area contributed by atoms with E-state index in [9.17, 15) is 4.79 Å². The van der Waals surface area contributed by atoms with E-state index in [4.69, 9.17) is 9.15 Å². The quantitative estimate of drug-likeness (QED) is 0.718. The van der Waals surface area contributed by atoms with E-state index in [1.54, 1.807) is 12.1 Å². The summed E-state index contributed by atoms with van der Waals surface area (Å²) in [6.07, 6.45) is 0. The van der Waals surface area contributed by atoms with Crippen molar-refractivity contribution in [2.75, 3.05) is 27.2 Å². The number of hydrogen-bond donors (Lipinski definition) is 1. The Morgan fingerprint density at radius 1 is 1.20 bits per heavy atom. The van der Waals surface area contributed by atoms with Gasteiger partial charge >= 0.3 is 0 Å². The zero-order chi connectivity index (χ0) is 18.4. The molecule has 2 rings (SSSR count). The van der Waals surface area contributed by atoms with Crippen molar-refractivity contribution in [2.24, 2.45) is 5.41 Å². The van der Waals surface area contributed by atoms with Gasteiger partial charge in [0.05, 0.1) is 0 Å². The topological polar surface area (TPSA) is 54.7 Å². The van der Waals surface area contributed by atoms with E-state index in [0.717, 1.165) is 16.8 Å². The Morgan fingerprint density at radius 3 is 2.52 bits per heavy atom. The molecule has 1 amide bonds. The zero-order valence-corrected chi connectivity index (χ0v) is 16.7. The van der Waals surface area contributed by atoms with Crippen molar-refractivity contribution in [2.45, 2.75) is 20.5 Å². The van der Waals surface area contributed by atoms with Gasteiger partial charge in [0.2, 0.25) is 0 Å². The van der Waals surface area contributed by atoms with Gasteiger partial charge in [-0.1, -0.05) is 29.8 Å². The summed E-state index contributed by atoms with van der Waals surface area (Å²) in [5, 5.41) is 2.93. The molecule has 1 N–H and O–H groups in total. The van der Waals surface area contributed by atoms with Gasteiger partial charge in [0, 0.05) is 17.6 Å². The van der Waals surface area contributed by atoms with Crippen LogP contribution in [0.2, 0.25) is 0 Å². The van der Waals surface area contributed by atoms with Gasteiger partial charge in [-0.05, 0) is 55.9 Å². The molecule has 0 aliphatic heterocycles. The van der Waals surface area contributed by atoms with Gasteiger partial charge in [0.1, 0.15) is 18.1 Å². The molecule has 0 aliphatic rings. The molecule has 0 saturated heterocycles. The molecule has 136 valence electrons. The van der Waals surface area contributed by atoms with E-state index in [1.165, 1.54) is 0 Å². The third-order valence-corrected chi connectivity index (χ3v) is 4.08. The van der Waals surface area contributed by atoms with Crippen LogP contribution in [0, 0.1) is 5.41 Å². The highest BCUT2D eigenvalue weighted by atomic mass is 79.9. The van der Waals surface area contributed by atoms with Gasteiger partial charge in [-0.15, -0.1) is 0 Å². The monoisotopic (exact) mass is 408 g/mol. The number of ether oxygens (including phenoxy) is 1. The summed E-state index contributed by atoms with van der Waals surface area (Å²) < 4.78 is 12.2. The van der Waals surface area contributed by atoms with Gasteiger partial charge in [0.25, 0.3) is 5.91 Å². The number of carbonyl (C=O) groups is 1. The van der Waals surface area contributed by atoms with Crippen LogP contribution >= 0.6 is 15.9 Å². The van der Waals surface area contributed by atoms with Crippen LogP contribution in [0.3, 0.4) is 0 Å². The maximum absolute atomic E-state index is 12.2. The molecular weight excluding hydrogens is 384 g/mol. The minimum Gasteiger partial charge on any atom is -0.486 e. The fourth-order valence-corrected chi connectivity index (χ4v) is 2.85. The van der Waals surface area contributed by atoms with Crippen LogP contribution in [0.5, 0.6) is 5.75 Å². The van der Waals surface area contributed by atoms with Crippen LogP contribution in [0.1, 0.15) is 30.2 Å². The van der Waals surface area contributed by atoms with E-state index < -0.39 is 0 Å². The van der Waals surface area contributed by atoms with Crippen LogP contribution in [0.4, 0.5) is 0 Å². The lowest BCUT2D eigenvalue weighted by Gasteiger charge is -2.28. The van der Waals surface area contributed by atoms with Gasteiger partial charge in [-0.3, -0.25) is 4.79 Å². The molecule has 0 spiro atoms. The molecule has 0 fully saturated rings. The van der Waals surface area contributed by atoms with Gasteiger partial charge in [0.15, 0.2) is 5.76 Å². The largest absolute Gasteiger partial charge is 0.486 e. The van der Waals surface area contributed by atoms with Gasteiger partial charge in [-0.25, -0.2) is 0 Å². The maximum atomic E-state index is 12.2. The third-order valence-electron chi connectivity index (χ3n) is 3.55. The highest BCUT2D eigenvalue weighted by Gasteiger charge is 2.21. The molecule has 25 heavy (non-hydrogen) atoms. The second-order valence-corrected chi connectivity index (χ2v) is 8.01. The zero-order valence-electron chi connectivity index (χ0n) is 15.1. The summed E-state index contributed by atoms with van der Waals surface area (Å²) in [5.74, 6) is 1.45. The number of amides is 1. The standard InChI is InChI=1S/C19H25BrN2O3/c1-19(2,13-22(3)4)12-21-18(23)17-10-9-16(25-17)11-24-15-7-5-14(20)6-8-15/h5-10H,11-13H2,1-4H3,(H,21,23). The Labute approximate surface area is 157 Å².